The van der Waals surface area contributed by atoms with Crippen molar-refractivity contribution in [1.29, 1.82) is 0 Å². The second-order valence-electron chi connectivity index (χ2n) is 2.51. The van der Waals surface area contributed by atoms with Crippen LogP contribution in [0.4, 0.5) is 0 Å². The lowest BCUT2D eigenvalue weighted by Gasteiger charge is -1.93. The summed E-state index contributed by atoms with van der Waals surface area (Å²) in [5.41, 5.74) is 1.66. The second kappa shape index (κ2) is 1.99. The number of fused-ring (bicyclic) bond motifs is 1. The van der Waals surface area contributed by atoms with E-state index in [1.807, 2.05) is 19.2 Å². The molecule has 0 atom stereocenters. The molecule has 0 aliphatic rings. The fourth-order valence-corrected chi connectivity index (χ4v) is 1.12. The van der Waals surface area contributed by atoms with Crippen molar-refractivity contribution < 1.29 is 5.11 Å². The molecule has 3 heteroatoms. The van der Waals surface area contributed by atoms with Crippen molar-refractivity contribution in [3.8, 4) is 5.75 Å². The first-order valence-corrected chi connectivity index (χ1v) is 3.41. The zero-order valence-electron chi connectivity index (χ0n) is 6.15. The van der Waals surface area contributed by atoms with Gasteiger partial charge in [-0.25, -0.2) is 4.52 Å². The number of hydrogen-bond donors (Lipinski definition) is 1. The molecule has 0 saturated heterocycles. The van der Waals surface area contributed by atoms with Gasteiger partial charge < -0.3 is 5.11 Å². The van der Waals surface area contributed by atoms with Crippen LogP contribution < -0.4 is 0 Å². The van der Waals surface area contributed by atoms with Gasteiger partial charge in [-0.1, -0.05) is 0 Å². The monoisotopic (exact) mass is 148 g/mol. The van der Waals surface area contributed by atoms with Crippen LogP contribution in [0, 0.1) is 6.92 Å². The van der Waals surface area contributed by atoms with Gasteiger partial charge in [0.15, 0.2) is 0 Å². The Kier molecular flexibility index (Phi) is 1.12. The molecule has 0 aromatic carbocycles. The molecule has 2 aromatic heterocycles. The van der Waals surface area contributed by atoms with Gasteiger partial charge in [-0.2, -0.15) is 5.10 Å². The summed E-state index contributed by atoms with van der Waals surface area (Å²) < 4.78 is 1.66. The highest BCUT2D eigenvalue weighted by molar-refractivity contribution is 5.58. The molecular formula is C8H8N2O. The third-order valence-electron chi connectivity index (χ3n) is 1.60. The maximum absolute atomic E-state index is 9.32. The Morgan fingerprint density at radius 1 is 1.55 bits per heavy atom. The zero-order chi connectivity index (χ0) is 7.84. The Bertz CT molecular complexity index is 392. The number of nitrogens with zero attached hydrogens (tertiary/aromatic N) is 2. The number of aryl methyl sites for hydroxylation is 1. The lowest BCUT2D eigenvalue weighted by molar-refractivity contribution is 0.478. The summed E-state index contributed by atoms with van der Waals surface area (Å²) in [5.74, 6) is 0.271. The summed E-state index contributed by atoms with van der Waals surface area (Å²) in [5, 5.41) is 13.5. The molecule has 11 heavy (non-hydrogen) atoms. The Morgan fingerprint density at radius 2 is 2.36 bits per heavy atom. The van der Waals surface area contributed by atoms with Crippen LogP contribution in [0.5, 0.6) is 5.75 Å². The largest absolute Gasteiger partial charge is 0.506 e. The third-order valence-corrected chi connectivity index (χ3v) is 1.60. The van der Waals surface area contributed by atoms with E-state index in [4.69, 9.17) is 0 Å². The van der Waals surface area contributed by atoms with E-state index in [-0.39, 0.29) is 5.75 Å². The van der Waals surface area contributed by atoms with E-state index in [1.165, 1.54) is 0 Å². The topological polar surface area (TPSA) is 37.5 Å². The summed E-state index contributed by atoms with van der Waals surface area (Å²) in [6.45, 7) is 1.90. The Balaban J connectivity index is 2.90. The molecule has 2 aromatic rings. The average Bonchev–Trinajstić information content (AvgIpc) is 2.31. The molecule has 2 heterocycles. The van der Waals surface area contributed by atoms with Gasteiger partial charge in [0.05, 0.1) is 5.69 Å². The SMILES string of the molecule is Cc1cc2c(O)cccn2n1. The van der Waals surface area contributed by atoms with E-state index in [2.05, 4.69) is 5.10 Å². The average molecular weight is 148 g/mol. The van der Waals surface area contributed by atoms with Gasteiger partial charge >= 0.3 is 0 Å². The molecule has 0 aliphatic carbocycles. The zero-order valence-corrected chi connectivity index (χ0v) is 6.15. The lowest BCUT2D eigenvalue weighted by Crippen LogP contribution is -1.84. The Hall–Kier alpha value is -1.51. The minimum atomic E-state index is 0.271. The third kappa shape index (κ3) is 0.852. The van der Waals surface area contributed by atoms with Crippen molar-refractivity contribution in [2.45, 2.75) is 6.92 Å². The summed E-state index contributed by atoms with van der Waals surface area (Å²) in [7, 11) is 0. The summed E-state index contributed by atoms with van der Waals surface area (Å²) in [4.78, 5) is 0. The number of hydrogen-bond acceptors (Lipinski definition) is 2. The molecule has 56 valence electrons. The molecule has 0 aliphatic heterocycles. The first-order valence-electron chi connectivity index (χ1n) is 3.41. The highest BCUT2D eigenvalue weighted by atomic mass is 16.3. The second-order valence-corrected chi connectivity index (χ2v) is 2.51. The van der Waals surface area contributed by atoms with Gasteiger partial charge in [0.2, 0.25) is 0 Å². The van der Waals surface area contributed by atoms with E-state index >= 15 is 0 Å². The molecule has 0 spiro atoms. The predicted molar refractivity (Wildman–Crippen MR) is 41.6 cm³/mol. The molecule has 0 radical (unpaired) electrons. The van der Waals surface area contributed by atoms with E-state index in [0.717, 1.165) is 11.2 Å². The normalized spacial score (nSPS) is 10.6. The van der Waals surface area contributed by atoms with Crippen LogP contribution in [0.1, 0.15) is 5.69 Å². The van der Waals surface area contributed by atoms with Gasteiger partial charge in [0.25, 0.3) is 0 Å². The number of aromatic nitrogens is 2. The molecular weight excluding hydrogens is 140 g/mol. The van der Waals surface area contributed by atoms with Crippen LogP contribution in [0.2, 0.25) is 0 Å². The van der Waals surface area contributed by atoms with E-state index in [1.54, 1.807) is 16.6 Å². The molecule has 1 N–H and O–H groups in total. The van der Waals surface area contributed by atoms with Crippen molar-refractivity contribution in [2.24, 2.45) is 0 Å². The number of pyridine rings is 1. The first-order chi connectivity index (χ1) is 5.27. The molecule has 0 saturated carbocycles. The van der Waals surface area contributed by atoms with Crippen LogP contribution in [0.15, 0.2) is 24.4 Å². The van der Waals surface area contributed by atoms with Crippen molar-refractivity contribution in [3.63, 3.8) is 0 Å². The standard InChI is InChI=1S/C8H8N2O/c1-6-5-7-8(11)3-2-4-10(7)9-6/h2-5,11H,1H3. The van der Waals surface area contributed by atoms with Crippen LogP contribution in [-0.2, 0) is 0 Å². The van der Waals surface area contributed by atoms with E-state index < -0.39 is 0 Å². The Morgan fingerprint density at radius 3 is 3.09 bits per heavy atom. The first kappa shape index (κ1) is 6.22. The number of rotatable bonds is 0. The maximum atomic E-state index is 9.32. The minimum Gasteiger partial charge on any atom is -0.506 e. The van der Waals surface area contributed by atoms with Gasteiger partial charge in [-0.05, 0) is 25.1 Å². The van der Waals surface area contributed by atoms with Crippen molar-refractivity contribution in [2.75, 3.05) is 0 Å². The fraction of sp³-hybridized carbons (Fsp3) is 0.125. The van der Waals surface area contributed by atoms with Crippen LogP contribution in [0.3, 0.4) is 0 Å². The maximum Gasteiger partial charge on any atom is 0.141 e. The van der Waals surface area contributed by atoms with Crippen molar-refractivity contribution >= 4 is 5.52 Å². The Labute approximate surface area is 63.9 Å². The van der Waals surface area contributed by atoms with Crippen LogP contribution in [0.25, 0.3) is 5.52 Å². The van der Waals surface area contributed by atoms with Crippen LogP contribution in [-0.4, -0.2) is 14.7 Å². The minimum absolute atomic E-state index is 0.271. The van der Waals surface area contributed by atoms with Gasteiger partial charge in [0.1, 0.15) is 11.3 Å². The summed E-state index contributed by atoms with van der Waals surface area (Å²) >= 11 is 0. The lowest BCUT2D eigenvalue weighted by atomic mass is 10.3. The quantitative estimate of drug-likeness (QED) is 0.612. The number of aromatic hydroxyl groups is 1. The van der Waals surface area contributed by atoms with Gasteiger partial charge in [-0.15, -0.1) is 0 Å². The highest BCUT2D eigenvalue weighted by Crippen LogP contribution is 2.17. The summed E-state index contributed by atoms with van der Waals surface area (Å²) in [6.07, 6.45) is 1.81. The molecule has 0 amide bonds. The van der Waals surface area contributed by atoms with Crippen molar-refractivity contribution in [3.05, 3.63) is 30.1 Å². The highest BCUT2D eigenvalue weighted by Gasteiger charge is 1.99. The molecule has 0 bridgehead atoms. The summed E-state index contributed by atoms with van der Waals surface area (Å²) in [6, 6.07) is 5.25. The smallest absolute Gasteiger partial charge is 0.141 e. The fourth-order valence-electron chi connectivity index (χ4n) is 1.12. The van der Waals surface area contributed by atoms with E-state index in [0.29, 0.717) is 0 Å². The molecule has 0 fully saturated rings. The van der Waals surface area contributed by atoms with E-state index in [9.17, 15) is 5.11 Å². The van der Waals surface area contributed by atoms with Crippen molar-refractivity contribution in [1.82, 2.24) is 9.61 Å². The molecule has 2 rings (SSSR count). The van der Waals surface area contributed by atoms with Gasteiger partial charge in [0, 0.05) is 6.20 Å². The molecule has 3 nitrogen and oxygen atoms in total. The van der Waals surface area contributed by atoms with Gasteiger partial charge in [-0.3, -0.25) is 0 Å². The predicted octanol–water partition coefficient (Wildman–Crippen LogP) is 1.35. The van der Waals surface area contributed by atoms with Crippen LogP contribution >= 0.6 is 0 Å². The molecule has 0 unspecified atom stereocenters.